The van der Waals surface area contributed by atoms with E-state index in [1.54, 1.807) is 0 Å². The maximum Gasteiger partial charge on any atom is 0.0471 e. The Bertz CT molecular complexity index is 176. The molecule has 2 N–H and O–H groups in total. The van der Waals surface area contributed by atoms with Gasteiger partial charge < -0.3 is 15.4 Å². The zero-order valence-electron chi connectivity index (χ0n) is 9.85. The molecular formula is C12H24N2O. The van der Waals surface area contributed by atoms with Crippen LogP contribution in [0, 0.1) is 5.41 Å². The molecule has 0 aliphatic carbocycles. The summed E-state index contributed by atoms with van der Waals surface area (Å²) < 4.78 is 5.37. The molecule has 1 aliphatic rings. The summed E-state index contributed by atoms with van der Waals surface area (Å²) in [5.41, 5.74) is 0.441. The van der Waals surface area contributed by atoms with Crippen LogP contribution in [0.4, 0.5) is 0 Å². The second-order valence-electron chi connectivity index (χ2n) is 4.59. The molecule has 0 amide bonds. The van der Waals surface area contributed by atoms with E-state index in [-0.39, 0.29) is 0 Å². The van der Waals surface area contributed by atoms with Crippen molar-refractivity contribution in [2.75, 3.05) is 39.4 Å². The molecule has 1 saturated heterocycles. The molecule has 0 aromatic rings. The molecule has 15 heavy (non-hydrogen) atoms. The molecule has 0 atom stereocenters. The van der Waals surface area contributed by atoms with Crippen LogP contribution in [0.2, 0.25) is 0 Å². The molecule has 1 rings (SSSR count). The summed E-state index contributed by atoms with van der Waals surface area (Å²) in [6, 6.07) is 0. The largest absolute Gasteiger partial charge is 0.381 e. The number of hydrogen-bond donors (Lipinski definition) is 2. The minimum atomic E-state index is 0.441. The van der Waals surface area contributed by atoms with Crippen LogP contribution in [0.3, 0.4) is 0 Å². The fourth-order valence-corrected chi connectivity index (χ4v) is 1.81. The number of rotatable bonds is 7. The molecule has 0 saturated carbocycles. The molecule has 3 nitrogen and oxygen atoms in total. The Hall–Kier alpha value is -0.380. The lowest BCUT2D eigenvalue weighted by atomic mass is 9.82. The van der Waals surface area contributed by atoms with Crippen LogP contribution in [-0.4, -0.2) is 39.4 Å². The highest BCUT2D eigenvalue weighted by Crippen LogP contribution is 2.28. The van der Waals surface area contributed by atoms with Crippen molar-refractivity contribution in [2.24, 2.45) is 5.41 Å². The van der Waals surface area contributed by atoms with Gasteiger partial charge >= 0.3 is 0 Å². The van der Waals surface area contributed by atoms with Crippen molar-refractivity contribution in [3.63, 3.8) is 0 Å². The van der Waals surface area contributed by atoms with Gasteiger partial charge in [-0.15, -0.1) is 6.58 Å². The van der Waals surface area contributed by atoms with E-state index in [0.717, 1.165) is 39.4 Å². The Labute approximate surface area is 93.3 Å². The van der Waals surface area contributed by atoms with Gasteiger partial charge in [-0.05, 0) is 18.3 Å². The van der Waals surface area contributed by atoms with Crippen LogP contribution >= 0.6 is 0 Å². The highest BCUT2D eigenvalue weighted by atomic mass is 16.5. The monoisotopic (exact) mass is 212 g/mol. The first kappa shape index (κ1) is 12.7. The van der Waals surface area contributed by atoms with Gasteiger partial charge in [0.1, 0.15) is 0 Å². The third kappa shape index (κ3) is 5.30. The van der Waals surface area contributed by atoms with E-state index < -0.39 is 0 Å². The summed E-state index contributed by atoms with van der Waals surface area (Å²) in [6.45, 7) is 11.9. The SMILES string of the molecule is C=CCNCCNCC1(C)CCOCC1. The Morgan fingerprint density at radius 2 is 1.93 bits per heavy atom. The summed E-state index contributed by atoms with van der Waals surface area (Å²) in [4.78, 5) is 0. The summed E-state index contributed by atoms with van der Waals surface area (Å²) in [6.07, 6.45) is 4.25. The minimum Gasteiger partial charge on any atom is -0.381 e. The molecule has 0 aromatic heterocycles. The third-order valence-electron chi connectivity index (χ3n) is 3.02. The summed E-state index contributed by atoms with van der Waals surface area (Å²) in [5.74, 6) is 0. The molecule has 1 aliphatic heterocycles. The molecule has 1 fully saturated rings. The Morgan fingerprint density at radius 3 is 2.60 bits per heavy atom. The molecule has 0 unspecified atom stereocenters. The number of ether oxygens (including phenoxy) is 1. The molecule has 1 heterocycles. The fourth-order valence-electron chi connectivity index (χ4n) is 1.81. The van der Waals surface area contributed by atoms with Crippen molar-refractivity contribution in [2.45, 2.75) is 19.8 Å². The number of nitrogens with one attached hydrogen (secondary N) is 2. The first-order chi connectivity index (χ1) is 7.27. The van der Waals surface area contributed by atoms with Crippen LogP contribution in [0.25, 0.3) is 0 Å². The van der Waals surface area contributed by atoms with Crippen LogP contribution in [0.15, 0.2) is 12.7 Å². The predicted octanol–water partition coefficient (Wildman–Crippen LogP) is 1.17. The van der Waals surface area contributed by atoms with Gasteiger partial charge in [-0.1, -0.05) is 13.0 Å². The summed E-state index contributed by atoms with van der Waals surface area (Å²) in [5, 5.41) is 6.78. The minimum absolute atomic E-state index is 0.441. The van der Waals surface area contributed by atoms with Gasteiger partial charge in [0.2, 0.25) is 0 Å². The standard InChI is InChI=1S/C12H24N2O/c1-3-6-13-7-8-14-11-12(2)4-9-15-10-5-12/h3,13-14H,1,4-11H2,2H3. The zero-order valence-corrected chi connectivity index (χ0v) is 9.85. The topological polar surface area (TPSA) is 33.3 Å². The Morgan fingerprint density at radius 1 is 1.27 bits per heavy atom. The molecule has 3 heteroatoms. The van der Waals surface area contributed by atoms with Gasteiger partial charge in [0.25, 0.3) is 0 Å². The Balaban J connectivity index is 2.00. The maximum atomic E-state index is 5.37. The van der Waals surface area contributed by atoms with Crippen LogP contribution in [0.1, 0.15) is 19.8 Å². The van der Waals surface area contributed by atoms with E-state index in [0.29, 0.717) is 5.41 Å². The first-order valence-corrected chi connectivity index (χ1v) is 5.87. The van der Waals surface area contributed by atoms with Gasteiger partial charge in [-0.2, -0.15) is 0 Å². The van der Waals surface area contributed by atoms with E-state index in [1.807, 2.05) is 6.08 Å². The molecule has 0 bridgehead atoms. The third-order valence-corrected chi connectivity index (χ3v) is 3.02. The highest BCUT2D eigenvalue weighted by Gasteiger charge is 2.26. The Kier molecular flexibility index (Phi) is 5.91. The lowest BCUT2D eigenvalue weighted by Crippen LogP contribution is -2.39. The summed E-state index contributed by atoms with van der Waals surface area (Å²) >= 11 is 0. The highest BCUT2D eigenvalue weighted by molar-refractivity contribution is 4.79. The van der Waals surface area contributed by atoms with Crippen molar-refractivity contribution in [1.29, 1.82) is 0 Å². The van der Waals surface area contributed by atoms with Crippen molar-refractivity contribution in [3.8, 4) is 0 Å². The molecule has 0 radical (unpaired) electrons. The predicted molar refractivity (Wildman–Crippen MR) is 64.1 cm³/mol. The van der Waals surface area contributed by atoms with Crippen molar-refractivity contribution < 1.29 is 4.74 Å². The average Bonchev–Trinajstić information content (AvgIpc) is 2.24. The smallest absolute Gasteiger partial charge is 0.0471 e. The van der Waals surface area contributed by atoms with E-state index in [4.69, 9.17) is 4.74 Å². The molecule has 88 valence electrons. The van der Waals surface area contributed by atoms with Crippen molar-refractivity contribution in [1.82, 2.24) is 10.6 Å². The quantitative estimate of drug-likeness (QED) is 0.491. The van der Waals surface area contributed by atoms with Crippen LogP contribution < -0.4 is 10.6 Å². The maximum absolute atomic E-state index is 5.37. The normalized spacial score (nSPS) is 20.1. The van der Waals surface area contributed by atoms with E-state index in [9.17, 15) is 0 Å². The van der Waals surface area contributed by atoms with E-state index in [1.165, 1.54) is 12.8 Å². The molecule has 0 aromatic carbocycles. The van der Waals surface area contributed by atoms with Crippen molar-refractivity contribution >= 4 is 0 Å². The van der Waals surface area contributed by atoms with E-state index in [2.05, 4.69) is 24.1 Å². The second-order valence-corrected chi connectivity index (χ2v) is 4.59. The second kappa shape index (κ2) is 6.99. The van der Waals surface area contributed by atoms with Crippen LogP contribution in [-0.2, 0) is 4.74 Å². The van der Waals surface area contributed by atoms with E-state index >= 15 is 0 Å². The van der Waals surface area contributed by atoms with Gasteiger partial charge in [0, 0.05) is 39.4 Å². The van der Waals surface area contributed by atoms with Gasteiger partial charge in [-0.25, -0.2) is 0 Å². The average molecular weight is 212 g/mol. The lowest BCUT2D eigenvalue weighted by molar-refractivity contribution is 0.0243. The van der Waals surface area contributed by atoms with Crippen molar-refractivity contribution in [3.05, 3.63) is 12.7 Å². The lowest BCUT2D eigenvalue weighted by Gasteiger charge is -2.33. The molecular weight excluding hydrogens is 188 g/mol. The van der Waals surface area contributed by atoms with Gasteiger partial charge in [-0.3, -0.25) is 0 Å². The fraction of sp³-hybridized carbons (Fsp3) is 0.833. The first-order valence-electron chi connectivity index (χ1n) is 5.87. The van der Waals surface area contributed by atoms with Crippen LogP contribution in [0.5, 0.6) is 0 Å². The van der Waals surface area contributed by atoms with Gasteiger partial charge in [0.05, 0.1) is 0 Å². The number of hydrogen-bond acceptors (Lipinski definition) is 3. The van der Waals surface area contributed by atoms with Gasteiger partial charge in [0.15, 0.2) is 0 Å². The molecule has 0 spiro atoms. The summed E-state index contributed by atoms with van der Waals surface area (Å²) in [7, 11) is 0. The zero-order chi connectivity index (χ0) is 11.0.